The first-order chi connectivity index (χ1) is 8.56. The molecular weight excluding hydrogens is 251 g/mol. The van der Waals surface area contributed by atoms with Crippen molar-refractivity contribution < 1.29 is 4.39 Å². The topological polar surface area (TPSA) is 36.7 Å². The molecule has 0 spiro atoms. The Morgan fingerprint density at radius 2 is 1.89 bits per heavy atom. The molecule has 2 nitrogen and oxygen atoms in total. The van der Waals surface area contributed by atoms with E-state index in [1.54, 1.807) is 32.0 Å². The summed E-state index contributed by atoms with van der Waals surface area (Å²) in [6, 6.07) is 8.38. The van der Waals surface area contributed by atoms with Crippen molar-refractivity contribution in [3.8, 4) is 17.3 Å². The number of rotatable bonds is 1. The van der Waals surface area contributed by atoms with Crippen LogP contribution in [0.25, 0.3) is 11.3 Å². The molecule has 0 saturated carbocycles. The molecule has 4 heteroatoms. The van der Waals surface area contributed by atoms with E-state index in [2.05, 4.69) is 4.98 Å². The number of nitriles is 1. The van der Waals surface area contributed by atoms with Crippen molar-refractivity contribution in [2.45, 2.75) is 13.8 Å². The molecule has 2 aromatic rings. The van der Waals surface area contributed by atoms with Crippen molar-refractivity contribution in [1.82, 2.24) is 4.98 Å². The fraction of sp³-hybridized carbons (Fsp3) is 0.143. The van der Waals surface area contributed by atoms with Crippen LogP contribution in [-0.2, 0) is 0 Å². The van der Waals surface area contributed by atoms with Gasteiger partial charge in [-0.3, -0.25) is 0 Å². The molecule has 0 aliphatic rings. The molecule has 1 heterocycles. The van der Waals surface area contributed by atoms with Gasteiger partial charge in [-0.15, -0.1) is 0 Å². The van der Waals surface area contributed by atoms with E-state index in [1.807, 2.05) is 6.07 Å². The Hall–Kier alpha value is -1.92. The first-order valence-corrected chi connectivity index (χ1v) is 5.75. The third kappa shape index (κ3) is 1.96. The van der Waals surface area contributed by atoms with Gasteiger partial charge in [0.15, 0.2) is 0 Å². The van der Waals surface area contributed by atoms with E-state index in [1.165, 1.54) is 6.07 Å². The minimum atomic E-state index is -0.353. The Labute approximate surface area is 110 Å². The lowest BCUT2D eigenvalue weighted by Gasteiger charge is -2.11. The van der Waals surface area contributed by atoms with Crippen LogP contribution in [-0.4, -0.2) is 4.98 Å². The van der Waals surface area contributed by atoms with E-state index in [9.17, 15) is 4.39 Å². The summed E-state index contributed by atoms with van der Waals surface area (Å²) >= 11 is 5.95. The van der Waals surface area contributed by atoms with Crippen LogP contribution in [0.4, 0.5) is 4.39 Å². The van der Waals surface area contributed by atoms with Crippen molar-refractivity contribution in [3.05, 3.63) is 51.9 Å². The smallest absolute Gasteiger partial charge is 0.147 e. The summed E-state index contributed by atoms with van der Waals surface area (Å²) in [5.41, 5.74) is 2.71. The first kappa shape index (κ1) is 12.5. The second kappa shape index (κ2) is 4.75. The minimum absolute atomic E-state index is 0.110. The number of pyridine rings is 1. The highest BCUT2D eigenvalue weighted by molar-refractivity contribution is 6.30. The average molecular weight is 261 g/mol. The fourth-order valence-corrected chi connectivity index (χ4v) is 2.07. The SMILES string of the molecule is Cc1c(-c2ccccc2F)nc(Cl)c(C#N)c1C. The van der Waals surface area contributed by atoms with Crippen LogP contribution in [0.2, 0.25) is 5.15 Å². The summed E-state index contributed by atoms with van der Waals surface area (Å²) in [4.78, 5) is 4.14. The van der Waals surface area contributed by atoms with Crippen LogP contribution < -0.4 is 0 Å². The zero-order valence-electron chi connectivity index (χ0n) is 9.96. The zero-order chi connectivity index (χ0) is 13.3. The molecule has 90 valence electrons. The maximum Gasteiger partial charge on any atom is 0.147 e. The number of hydrogen-bond donors (Lipinski definition) is 0. The lowest BCUT2D eigenvalue weighted by molar-refractivity contribution is 0.630. The number of nitrogens with zero attached hydrogens (tertiary/aromatic N) is 2. The van der Waals surface area contributed by atoms with Gasteiger partial charge in [0, 0.05) is 5.56 Å². The molecule has 0 unspecified atom stereocenters. The highest BCUT2D eigenvalue weighted by Gasteiger charge is 2.16. The van der Waals surface area contributed by atoms with Crippen LogP contribution in [0.1, 0.15) is 16.7 Å². The quantitative estimate of drug-likeness (QED) is 0.726. The van der Waals surface area contributed by atoms with Gasteiger partial charge in [0.1, 0.15) is 17.0 Å². The van der Waals surface area contributed by atoms with E-state index >= 15 is 0 Å². The summed E-state index contributed by atoms with van der Waals surface area (Å²) in [6.45, 7) is 3.59. The largest absolute Gasteiger partial charge is 0.234 e. The molecule has 0 N–H and O–H groups in total. The van der Waals surface area contributed by atoms with Crippen LogP contribution in [0.5, 0.6) is 0 Å². The molecule has 0 bridgehead atoms. The summed E-state index contributed by atoms with van der Waals surface area (Å²) in [7, 11) is 0. The van der Waals surface area contributed by atoms with Crippen molar-refractivity contribution in [2.75, 3.05) is 0 Å². The molecule has 18 heavy (non-hydrogen) atoms. The Balaban J connectivity index is 2.76. The van der Waals surface area contributed by atoms with E-state index in [0.717, 1.165) is 11.1 Å². The van der Waals surface area contributed by atoms with Crippen molar-refractivity contribution >= 4 is 11.6 Å². The number of benzene rings is 1. The van der Waals surface area contributed by atoms with E-state index in [-0.39, 0.29) is 11.0 Å². The fourth-order valence-electron chi connectivity index (χ4n) is 1.80. The van der Waals surface area contributed by atoms with Gasteiger partial charge in [-0.2, -0.15) is 5.26 Å². The van der Waals surface area contributed by atoms with Crippen LogP contribution in [0.3, 0.4) is 0 Å². The molecule has 1 aromatic heterocycles. The van der Waals surface area contributed by atoms with Crippen LogP contribution >= 0.6 is 11.6 Å². The minimum Gasteiger partial charge on any atom is -0.234 e. The molecular formula is C14H10ClFN2. The normalized spacial score (nSPS) is 10.2. The summed E-state index contributed by atoms with van der Waals surface area (Å²) < 4.78 is 13.8. The summed E-state index contributed by atoms with van der Waals surface area (Å²) in [5, 5.41) is 9.10. The first-order valence-electron chi connectivity index (χ1n) is 5.38. The van der Waals surface area contributed by atoms with Crippen LogP contribution in [0.15, 0.2) is 24.3 Å². The molecule has 1 aromatic carbocycles. The van der Waals surface area contributed by atoms with Crippen molar-refractivity contribution in [3.63, 3.8) is 0 Å². The molecule has 0 aliphatic carbocycles. The number of halogens is 2. The summed E-state index contributed by atoms with van der Waals surface area (Å²) in [5.74, 6) is -0.353. The van der Waals surface area contributed by atoms with Gasteiger partial charge in [-0.25, -0.2) is 9.37 Å². The third-order valence-corrected chi connectivity index (χ3v) is 3.22. The van der Waals surface area contributed by atoms with Gasteiger partial charge >= 0.3 is 0 Å². The van der Waals surface area contributed by atoms with Gasteiger partial charge in [0.05, 0.1) is 11.3 Å². The second-order valence-electron chi connectivity index (χ2n) is 3.97. The van der Waals surface area contributed by atoms with Gasteiger partial charge in [-0.1, -0.05) is 23.7 Å². The lowest BCUT2D eigenvalue weighted by Crippen LogP contribution is -1.98. The van der Waals surface area contributed by atoms with Crippen molar-refractivity contribution in [1.29, 1.82) is 5.26 Å². The predicted molar refractivity (Wildman–Crippen MR) is 68.8 cm³/mol. The molecule has 0 aliphatic heterocycles. The maximum atomic E-state index is 13.8. The highest BCUT2D eigenvalue weighted by atomic mass is 35.5. The molecule has 0 fully saturated rings. The maximum absolute atomic E-state index is 13.8. The Bertz CT molecular complexity index is 660. The Kier molecular flexibility index (Phi) is 3.31. The highest BCUT2D eigenvalue weighted by Crippen LogP contribution is 2.30. The van der Waals surface area contributed by atoms with Gasteiger partial charge in [0.25, 0.3) is 0 Å². The molecule has 0 amide bonds. The molecule has 0 radical (unpaired) electrons. The third-order valence-electron chi connectivity index (χ3n) is 2.95. The Morgan fingerprint density at radius 1 is 1.22 bits per heavy atom. The molecule has 2 rings (SSSR count). The summed E-state index contributed by atoms with van der Waals surface area (Å²) in [6.07, 6.45) is 0. The van der Waals surface area contributed by atoms with Gasteiger partial charge in [-0.05, 0) is 37.1 Å². The predicted octanol–water partition coefficient (Wildman–Crippen LogP) is 4.03. The van der Waals surface area contributed by atoms with Crippen LogP contribution in [0, 0.1) is 31.0 Å². The monoisotopic (exact) mass is 260 g/mol. The van der Waals surface area contributed by atoms with E-state index in [4.69, 9.17) is 16.9 Å². The standard InChI is InChI=1S/C14H10ClFN2/c1-8-9(2)13(18-14(15)11(8)7-17)10-5-3-4-6-12(10)16/h3-6H,1-2H3. The van der Waals surface area contributed by atoms with E-state index < -0.39 is 0 Å². The average Bonchev–Trinajstić information content (AvgIpc) is 2.35. The lowest BCUT2D eigenvalue weighted by atomic mass is 10.00. The van der Waals surface area contributed by atoms with Crippen molar-refractivity contribution in [2.24, 2.45) is 0 Å². The van der Waals surface area contributed by atoms with Gasteiger partial charge in [0.2, 0.25) is 0 Å². The zero-order valence-corrected chi connectivity index (χ0v) is 10.7. The number of hydrogen-bond acceptors (Lipinski definition) is 2. The van der Waals surface area contributed by atoms with Gasteiger partial charge < -0.3 is 0 Å². The second-order valence-corrected chi connectivity index (χ2v) is 4.33. The van der Waals surface area contributed by atoms with E-state index in [0.29, 0.717) is 16.8 Å². The molecule has 0 atom stereocenters. The Morgan fingerprint density at radius 3 is 2.50 bits per heavy atom. The molecule has 0 saturated heterocycles. The number of aromatic nitrogens is 1.